The topological polar surface area (TPSA) is 69.2 Å². The minimum atomic E-state index is 0.301. The van der Waals surface area contributed by atoms with E-state index in [1.807, 2.05) is 18.5 Å². The van der Waals surface area contributed by atoms with E-state index in [0.29, 0.717) is 6.04 Å². The predicted molar refractivity (Wildman–Crippen MR) is 138 cm³/mol. The SMILES string of the molecule is COc1ccc(-c2ccc3c(c2)ncn3-c2ccc3cccc(N4CCC(N)CC4)c3n2)cc1. The molecule has 1 fully saturated rings. The summed E-state index contributed by atoms with van der Waals surface area (Å²) < 4.78 is 7.34. The number of imidazole rings is 1. The van der Waals surface area contributed by atoms with Gasteiger partial charge in [-0.05, 0) is 66.4 Å². The lowest BCUT2D eigenvalue weighted by atomic mass is 10.0. The second-order valence-corrected chi connectivity index (χ2v) is 8.89. The molecule has 1 aliphatic heterocycles. The van der Waals surface area contributed by atoms with E-state index in [2.05, 4.69) is 75.1 Å². The summed E-state index contributed by atoms with van der Waals surface area (Å²) in [4.78, 5) is 12.2. The van der Waals surface area contributed by atoms with Crippen LogP contribution in [0.4, 0.5) is 5.69 Å². The van der Waals surface area contributed by atoms with E-state index in [-0.39, 0.29) is 0 Å². The summed E-state index contributed by atoms with van der Waals surface area (Å²) in [6.45, 7) is 1.93. The average molecular weight is 450 g/mol. The highest BCUT2D eigenvalue weighted by atomic mass is 16.5. The third-order valence-electron chi connectivity index (χ3n) is 6.78. The number of hydrogen-bond donors (Lipinski definition) is 1. The van der Waals surface area contributed by atoms with Crippen LogP contribution in [0, 0.1) is 0 Å². The lowest BCUT2D eigenvalue weighted by molar-refractivity contribution is 0.415. The van der Waals surface area contributed by atoms with Crippen molar-refractivity contribution in [2.45, 2.75) is 18.9 Å². The van der Waals surface area contributed by atoms with Crippen LogP contribution < -0.4 is 15.4 Å². The Labute approximate surface area is 198 Å². The molecule has 6 rings (SSSR count). The van der Waals surface area contributed by atoms with Crippen molar-refractivity contribution in [3.8, 4) is 22.7 Å². The number of ether oxygens (including phenoxy) is 1. The molecule has 6 nitrogen and oxygen atoms in total. The molecule has 2 N–H and O–H groups in total. The lowest BCUT2D eigenvalue weighted by Gasteiger charge is -2.32. The molecule has 0 radical (unpaired) electrons. The summed E-state index contributed by atoms with van der Waals surface area (Å²) in [6.07, 6.45) is 3.89. The van der Waals surface area contributed by atoms with Gasteiger partial charge in [0.2, 0.25) is 0 Å². The van der Waals surface area contributed by atoms with E-state index in [0.717, 1.165) is 70.6 Å². The molecule has 1 aliphatic rings. The van der Waals surface area contributed by atoms with Gasteiger partial charge in [-0.2, -0.15) is 0 Å². The van der Waals surface area contributed by atoms with Crippen molar-refractivity contribution < 1.29 is 4.74 Å². The Kier molecular flexibility index (Phi) is 5.15. The Balaban J connectivity index is 1.38. The molecule has 5 aromatic rings. The van der Waals surface area contributed by atoms with Crippen LogP contribution in [0.3, 0.4) is 0 Å². The first-order valence-corrected chi connectivity index (χ1v) is 11.7. The van der Waals surface area contributed by atoms with Crippen molar-refractivity contribution in [3.63, 3.8) is 0 Å². The number of hydrogen-bond acceptors (Lipinski definition) is 5. The maximum Gasteiger partial charge on any atom is 0.139 e. The zero-order valence-electron chi connectivity index (χ0n) is 19.2. The number of aromatic nitrogens is 3. The summed E-state index contributed by atoms with van der Waals surface area (Å²) in [6, 6.07) is 25.4. The van der Waals surface area contributed by atoms with Crippen LogP contribution in [-0.4, -0.2) is 40.8 Å². The minimum absolute atomic E-state index is 0.301. The molecular weight excluding hydrogens is 422 g/mol. The molecule has 3 aromatic carbocycles. The average Bonchev–Trinajstić information content (AvgIpc) is 3.32. The van der Waals surface area contributed by atoms with Crippen LogP contribution in [0.2, 0.25) is 0 Å². The number of methoxy groups -OCH3 is 1. The zero-order chi connectivity index (χ0) is 23.1. The Morgan fingerprint density at radius 2 is 1.71 bits per heavy atom. The van der Waals surface area contributed by atoms with Crippen LogP contribution in [0.5, 0.6) is 5.75 Å². The largest absolute Gasteiger partial charge is 0.497 e. The smallest absolute Gasteiger partial charge is 0.139 e. The Morgan fingerprint density at radius 1 is 0.912 bits per heavy atom. The molecule has 0 bridgehead atoms. The summed E-state index contributed by atoms with van der Waals surface area (Å²) in [5, 5.41) is 1.14. The van der Waals surface area contributed by atoms with Gasteiger partial charge in [0.15, 0.2) is 0 Å². The van der Waals surface area contributed by atoms with Crippen molar-refractivity contribution >= 4 is 27.6 Å². The van der Waals surface area contributed by atoms with E-state index in [1.54, 1.807) is 7.11 Å². The van der Waals surface area contributed by atoms with E-state index in [1.165, 1.54) is 5.69 Å². The molecule has 0 atom stereocenters. The van der Waals surface area contributed by atoms with Crippen molar-refractivity contribution in [1.29, 1.82) is 0 Å². The summed E-state index contributed by atoms with van der Waals surface area (Å²) in [5.41, 5.74) is 12.6. The Morgan fingerprint density at radius 3 is 2.50 bits per heavy atom. The van der Waals surface area contributed by atoms with Crippen molar-refractivity contribution in [3.05, 3.63) is 79.1 Å². The van der Waals surface area contributed by atoms with Crippen molar-refractivity contribution in [2.24, 2.45) is 5.73 Å². The number of anilines is 1. The fourth-order valence-corrected chi connectivity index (χ4v) is 4.81. The molecule has 0 spiro atoms. The fraction of sp³-hybridized carbons (Fsp3) is 0.214. The number of benzene rings is 3. The molecule has 2 aromatic heterocycles. The third-order valence-corrected chi connectivity index (χ3v) is 6.78. The van der Waals surface area contributed by atoms with Gasteiger partial charge in [-0.25, -0.2) is 9.97 Å². The minimum Gasteiger partial charge on any atom is -0.497 e. The lowest BCUT2D eigenvalue weighted by Crippen LogP contribution is -2.39. The van der Waals surface area contributed by atoms with Gasteiger partial charge in [-0.15, -0.1) is 0 Å². The number of pyridine rings is 1. The second-order valence-electron chi connectivity index (χ2n) is 8.89. The highest BCUT2D eigenvalue weighted by Crippen LogP contribution is 2.30. The monoisotopic (exact) mass is 449 g/mol. The quantitative estimate of drug-likeness (QED) is 0.410. The standard InChI is InChI=1S/C28H27N5O/c1-34-23-9-5-19(6-10-23)21-7-11-25-24(17-21)30-18-33(25)27-12-8-20-3-2-4-26(28(20)31-27)32-15-13-22(29)14-16-32/h2-12,17-18,22H,13-16,29H2,1H3. The molecule has 6 heteroatoms. The summed E-state index contributed by atoms with van der Waals surface area (Å²) >= 11 is 0. The normalized spacial score (nSPS) is 14.7. The third kappa shape index (κ3) is 3.66. The fourth-order valence-electron chi connectivity index (χ4n) is 4.81. The highest BCUT2D eigenvalue weighted by molar-refractivity contribution is 5.92. The van der Waals surface area contributed by atoms with Crippen LogP contribution in [0.15, 0.2) is 79.1 Å². The first-order chi connectivity index (χ1) is 16.7. The number of piperidine rings is 1. The Hall–Kier alpha value is -3.90. The summed E-state index contributed by atoms with van der Waals surface area (Å²) in [7, 11) is 1.68. The molecule has 0 aliphatic carbocycles. The van der Waals surface area contributed by atoms with Crippen LogP contribution in [0.25, 0.3) is 38.9 Å². The van der Waals surface area contributed by atoms with Gasteiger partial charge in [0.1, 0.15) is 17.9 Å². The van der Waals surface area contributed by atoms with Gasteiger partial charge in [-0.1, -0.05) is 30.3 Å². The van der Waals surface area contributed by atoms with Gasteiger partial charge in [-0.3, -0.25) is 4.57 Å². The molecule has 34 heavy (non-hydrogen) atoms. The molecule has 0 saturated carbocycles. The molecule has 3 heterocycles. The zero-order valence-corrected chi connectivity index (χ0v) is 19.2. The molecule has 170 valence electrons. The predicted octanol–water partition coefficient (Wildman–Crippen LogP) is 5.18. The number of nitrogens with zero attached hydrogens (tertiary/aromatic N) is 4. The molecule has 1 saturated heterocycles. The van der Waals surface area contributed by atoms with Gasteiger partial charge in [0.05, 0.1) is 29.3 Å². The summed E-state index contributed by atoms with van der Waals surface area (Å²) in [5.74, 6) is 1.72. The van der Waals surface area contributed by atoms with E-state index >= 15 is 0 Å². The number of nitrogens with two attached hydrogens (primary N) is 1. The van der Waals surface area contributed by atoms with Gasteiger partial charge in [0.25, 0.3) is 0 Å². The van der Waals surface area contributed by atoms with E-state index in [9.17, 15) is 0 Å². The second kappa shape index (κ2) is 8.47. The van der Waals surface area contributed by atoms with Crippen molar-refractivity contribution in [2.75, 3.05) is 25.1 Å². The maximum absolute atomic E-state index is 6.13. The van der Waals surface area contributed by atoms with Crippen molar-refractivity contribution in [1.82, 2.24) is 14.5 Å². The maximum atomic E-state index is 6.13. The first-order valence-electron chi connectivity index (χ1n) is 11.7. The number of fused-ring (bicyclic) bond motifs is 2. The molecule has 0 amide bonds. The van der Waals surface area contributed by atoms with Crippen LogP contribution >= 0.6 is 0 Å². The van der Waals surface area contributed by atoms with Gasteiger partial charge >= 0.3 is 0 Å². The highest BCUT2D eigenvalue weighted by Gasteiger charge is 2.19. The molecular formula is C28H27N5O. The Bertz CT molecular complexity index is 1470. The van der Waals surface area contributed by atoms with E-state index < -0.39 is 0 Å². The van der Waals surface area contributed by atoms with Crippen LogP contribution in [0.1, 0.15) is 12.8 Å². The van der Waals surface area contributed by atoms with Gasteiger partial charge in [0, 0.05) is 24.5 Å². The van der Waals surface area contributed by atoms with Crippen LogP contribution in [-0.2, 0) is 0 Å². The number of rotatable bonds is 4. The van der Waals surface area contributed by atoms with Gasteiger partial charge < -0.3 is 15.4 Å². The van der Waals surface area contributed by atoms with E-state index in [4.69, 9.17) is 15.5 Å². The molecule has 0 unspecified atom stereocenters. The first kappa shape index (κ1) is 20.7. The number of para-hydroxylation sites is 1.